The second kappa shape index (κ2) is 7.54. The molecule has 0 aromatic carbocycles. The summed E-state index contributed by atoms with van der Waals surface area (Å²) < 4.78 is 0. The van der Waals surface area contributed by atoms with E-state index < -0.39 is 12.0 Å². The first-order chi connectivity index (χ1) is 8.59. The molecule has 18 heavy (non-hydrogen) atoms. The second-order valence-electron chi connectivity index (χ2n) is 4.07. The lowest BCUT2D eigenvalue weighted by molar-refractivity contribution is -0.138. The highest BCUT2D eigenvalue weighted by molar-refractivity contribution is 6.17. The maximum Gasteiger partial charge on any atom is 0.320 e. The molecule has 0 aliphatic carbocycles. The van der Waals surface area contributed by atoms with Gasteiger partial charge in [0.15, 0.2) is 0 Å². The van der Waals surface area contributed by atoms with Gasteiger partial charge in [0.05, 0.1) is 6.42 Å². The Morgan fingerprint density at radius 1 is 1.33 bits per heavy atom. The number of aliphatic carboxylic acids is 1. The van der Waals surface area contributed by atoms with Crippen LogP contribution in [-0.4, -0.2) is 48.2 Å². The number of nitrogens with zero attached hydrogens (tertiary/aromatic N) is 2. The first-order valence-electron chi connectivity index (χ1n) is 5.89. The number of amides is 1. The van der Waals surface area contributed by atoms with Gasteiger partial charge in [-0.25, -0.2) is 0 Å². The van der Waals surface area contributed by atoms with Gasteiger partial charge in [0, 0.05) is 19.0 Å². The molecule has 0 unspecified atom stereocenters. The van der Waals surface area contributed by atoms with Crippen LogP contribution in [0.4, 0.5) is 0 Å². The van der Waals surface area contributed by atoms with Gasteiger partial charge >= 0.3 is 5.97 Å². The summed E-state index contributed by atoms with van der Waals surface area (Å²) in [5.74, 6) is -1.09. The van der Waals surface area contributed by atoms with Crippen LogP contribution in [0.5, 0.6) is 0 Å². The summed E-state index contributed by atoms with van der Waals surface area (Å²) in [7, 11) is 0. The highest BCUT2D eigenvalue weighted by Gasteiger charge is 2.12. The van der Waals surface area contributed by atoms with Gasteiger partial charge in [0.25, 0.3) is 0 Å². The first-order valence-corrected chi connectivity index (χ1v) is 5.89. The topological polar surface area (TPSA) is 117 Å². The quantitative estimate of drug-likeness (QED) is 0.509. The van der Waals surface area contributed by atoms with Gasteiger partial charge in [-0.3, -0.25) is 19.6 Å². The number of hydrogen-bond donors (Lipinski definition) is 3. The first kappa shape index (κ1) is 14.3. The third-order valence-corrected chi connectivity index (χ3v) is 2.53. The molecule has 0 spiro atoms. The molecule has 1 aliphatic rings. The SMILES string of the molecule is N[C@@H](CCCCNC(=O)CC1N=CC=N1)C(=O)O. The monoisotopic (exact) mass is 254 g/mol. The van der Waals surface area contributed by atoms with E-state index in [-0.39, 0.29) is 18.5 Å². The van der Waals surface area contributed by atoms with Crippen molar-refractivity contribution in [1.82, 2.24) is 5.32 Å². The number of aliphatic imine (C=N–C) groups is 2. The van der Waals surface area contributed by atoms with E-state index in [0.717, 1.165) is 0 Å². The Labute approximate surface area is 105 Å². The largest absolute Gasteiger partial charge is 0.480 e. The van der Waals surface area contributed by atoms with Crippen LogP contribution in [0.1, 0.15) is 25.7 Å². The normalized spacial score (nSPS) is 15.8. The van der Waals surface area contributed by atoms with Gasteiger partial charge in [-0.2, -0.15) is 0 Å². The fraction of sp³-hybridized carbons (Fsp3) is 0.636. The Morgan fingerprint density at radius 2 is 2.00 bits per heavy atom. The van der Waals surface area contributed by atoms with Crippen molar-refractivity contribution in [1.29, 1.82) is 0 Å². The van der Waals surface area contributed by atoms with Crippen LogP contribution in [0.2, 0.25) is 0 Å². The molecule has 1 amide bonds. The van der Waals surface area contributed by atoms with E-state index in [2.05, 4.69) is 15.3 Å². The molecule has 7 heteroatoms. The zero-order valence-electron chi connectivity index (χ0n) is 10.1. The molecule has 1 aliphatic heterocycles. The van der Waals surface area contributed by atoms with Crippen molar-refractivity contribution in [3.8, 4) is 0 Å². The Morgan fingerprint density at radius 3 is 2.61 bits per heavy atom. The standard InChI is InChI=1S/C11H18N4O3/c12-8(11(17)18)3-1-2-4-15-10(16)7-9-13-5-6-14-9/h5-6,8-9H,1-4,7,12H2,(H,15,16)(H,17,18)/t8-/m0/s1. The summed E-state index contributed by atoms with van der Waals surface area (Å²) in [6, 6.07) is -0.817. The van der Waals surface area contributed by atoms with Gasteiger partial charge in [-0.15, -0.1) is 0 Å². The van der Waals surface area contributed by atoms with Gasteiger partial charge < -0.3 is 16.2 Å². The molecular weight excluding hydrogens is 236 g/mol. The molecule has 100 valence electrons. The summed E-state index contributed by atoms with van der Waals surface area (Å²) in [5, 5.41) is 11.3. The minimum atomic E-state index is -0.990. The van der Waals surface area contributed by atoms with E-state index in [1.807, 2.05) is 0 Å². The number of carbonyl (C=O) groups is 2. The maximum absolute atomic E-state index is 11.4. The number of hydrogen-bond acceptors (Lipinski definition) is 5. The van der Waals surface area contributed by atoms with E-state index in [9.17, 15) is 9.59 Å². The number of nitrogens with one attached hydrogen (secondary N) is 1. The van der Waals surface area contributed by atoms with Crippen molar-refractivity contribution in [3.63, 3.8) is 0 Å². The van der Waals surface area contributed by atoms with Crippen LogP contribution in [0.25, 0.3) is 0 Å². The molecule has 0 saturated carbocycles. The molecular formula is C11H18N4O3. The third kappa shape index (κ3) is 5.53. The van der Waals surface area contributed by atoms with Gasteiger partial charge in [-0.1, -0.05) is 0 Å². The predicted octanol–water partition coefficient (Wildman–Crippen LogP) is -0.444. The molecule has 4 N–H and O–H groups in total. The van der Waals surface area contributed by atoms with Crippen LogP contribution >= 0.6 is 0 Å². The summed E-state index contributed by atoms with van der Waals surface area (Å²) in [6.45, 7) is 0.519. The molecule has 0 radical (unpaired) electrons. The minimum absolute atomic E-state index is 0.0984. The van der Waals surface area contributed by atoms with Crippen molar-refractivity contribution in [2.24, 2.45) is 15.7 Å². The fourth-order valence-electron chi connectivity index (χ4n) is 1.50. The van der Waals surface area contributed by atoms with Crippen LogP contribution in [-0.2, 0) is 9.59 Å². The number of unbranched alkanes of at least 4 members (excludes halogenated alkanes) is 1. The van der Waals surface area contributed by atoms with Crippen molar-refractivity contribution < 1.29 is 14.7 Å². The summed E-state index contributed by atoms with van der Waals surface area (Å²) in [5.41, 5.74) is 5.35. The average Bonchev–Trinajstić information content (AvgIpc) is 2.80. The van der Waals surface area contributed by atoms with Crippen LogP contribution in [0.3, 0.4) is 0 Å². The molecule has 1 heterocycles. The molecule has 7 nitrogen and oxygen atoms in total. The van der Waals surface area contributed by atoms with Gasteiger partial charge in [0.2, 0.25) is 5.91 Å². The number of carbonyl (C=O) groups excluding carboxylic acids is 1. The van der Waals surface area contributed by atoms with E-state index in [4.69, 9.17) is 10.8 Å². The average molecular weight is 254 g/mol. The lowest BCUT2D eigenvalue weighted by Gasteiger charge is -2.08. The number of rotatable bonds is 8. The lowest BCUT2D eigenvalue weighted by Crippen LogP contribution is -2.30. The van der Waals surface area contributed by atoms with E-state index in [1.165, 1.54) is 0 Å². The molecule has 0 fully saturated rings. The Balaban J connectivity index is 2.00. The third-order valence-electron chi connectivity index (χ3n) is 2.53. The van der Waals surface area contributed by atoms with Crippen molar-refractivity contribution in [2.75, 3.05) is 6.54 Å². The van der Waals surface area contributed by atoms with Gasteiger partial charge in [-0.05, 0) is 19.3 Å². The molecule has 0 bridgehead atoms. The van der Waals surface area contributed by atoms with Crippen LogP contribution < -0.4 is 11.1 Å². The van der Waals surface area contributed by atoms with E-state index in [1.54, 1.807) is 12.4 Å². The zero-order chi connectivity index (χ0) is 13.4. The highest BCUT2D eigenvalue weighted by atomic mass is 16.4. The number of carboxylic acid groups (broad SMARTS) is 1. The summed E-state index contributed by atoms with van der Waals surface area (Å²) >= 11 is 0. The van der Waals surface area contributed by atoms with E-state index in [0.29, 0.717) is 25.8 Å². The fourth-order valence-corrected chi connectivity index (χ4v) is 1.50. The Kier molecular flexibility index (Phi) is 5.99. The molecule has 0 aromatic heterocycles. The molecule has 1 atom stereocenters. The summed E-state index contributed by atoms with van der Waals surface area (Å²) in [4.78, 5) is 29.8. The summed E-state index contributed by atoms with van der Waals surface area (Å²) in [6.07, 6.45) is 4.92. The lowest BCUT2D eigenvalue weighted by atomic mass is 10.1. The van der Waals surface area contributed by atoms with Crippen LogP contribution in [0, 0.1) is 0 Å². The van der Waals surface area contributed by atoms with E-state index >= 15 is 0 Å². The highest BCUT2D eigenvalue weighted by Crippen LogP contribution is 2.03. The number of carboxylic acids is 1. The zero-order valence-corrected chi connectivity index (χ0v) is 10.1. The van der Waals surface area contributed by atoms with Gasteiger partial charge in [0.1, 0.15) is 12.2 Å². The van der Waals surface area contributed by atoms with Crippen molar-refractivity contribution in [3.05, 3.63) is 0 Å². The predicted molar refractivity (Wildman–Crippen MR) is 67.9 cm³/mol. The molecule has 0 aromatic rings. The van der Waals surface area contributed by atoms with Crippen LogP contribution in [0.15, 0.2) is 9.98 Å². The number of nitrogens with two attached hydrogens (primary N) is 1. The maximum atomic E-state index is 11.4. The molecule has 0 saturated heterocycles. The smallest absolute Gasteiger partial charge is 0.320 e. The van der Waals surface area contributed by atoms with Crippen molar-refractivity contribution >= 4 is 24.3 Å². The minimum Gasteiger partial charge on any atom is -0.480 e. The Hall–Kier alpha value is -1.76. The Bertz CT molecular complexity index is 342. The molecule has 1 rings (SSSR count). The second-order valence-corrected chi connectivity index (χ2v) is 4.07. The van der Waals surface area contributed by atoms with Crippen molar-refractivity contribution in [2.45, 2.75) is 37.9 Å².